The van der Waals surface area contributed by atoms with Crippen LogP contribution in [0.4, 0.5) is 23.3 Å². The van der Waals surface area contributed by atoms with Gasteiger partial charge in [0.25, 0.3) is 0 Å². The molecule has 10 heteroatoms. The maximum Gasteiger partial charge on any atom is 0.241 e. The number of hydrogen-bond acceptors (Lipinski definition) is 7. The fourth-order valence-electron chi connectivity index (χ4n) is 2.62. The zero-order valence-corrected chi connectivity index (χ0v) is 13.7. The maximum atomic E-state index is 9.44. The first-order valence-corrected chi connectivity index (χ1v) is 7.72. The lowest BCUT2D eigenvalue weighted by Crippen LogP contribution is -2.62. The Hall–Kier alpha value is -1.74. The Balaban J connectivity index is 1.79. The highest BCUT2D eigenvalue weighted by atomic mass is 35.5. The van der Waals surface area contributed by atoms with Gasteiger partial charge in [-0.2, -0.15) is 4.98 Å². The Morgan fingerprint density at radius 2 is 2.00 bits per heavy atom. The molecule has 3 rings (SSSR count). The summed E-state index contributed by atoms with van der Waals surface area (Å²) in [6, 6.07) is 3.48. The monoisotopic (exact) mass is 357 g/mol. The van der Waals surface area contributed by atoms with Crippen LogP contribution in [0.1, 0.15) is 0 Å². The average molecular weight is 358 g/mol. The van der Waals surface area contributed by atoms with Crippen molar-refractivity contribution in [3.05, 3.63) is 22.2 Å². The highest BCUT2D eigenvalue weighted by Crippen LogP contribution is 2.43. The van der Waals surface area contributed by atoms with E-state index in [2.05, 4.69) is 20.5 Å². The van der Waals surface area contributed by atoms with E-state index in [-0.39, 0.29) is 18.0 Å². The number of aliphatic hydroxyl groups excluding tert-OH is 1. The van der Waals surface area contributed by atoms with Gasteiger partial charge in [0.15, 0.2) is 0 Å². The van der Waals surface area contributed by atoms with Crippen LogP contribution in [-0.4, -0.2) is 46.5 Å². The molecule has 124 valence electrons. The second-order valence-corrected chi connectivity index (χ2v) is 6.49. The maximum absolute atomic E-state index is 9.44. The summed E-state index contributed by atoms with van der Waals surface area (Å²) in [6.07, 6.45) is 0. The fourth-order valence-corrected chi connectivity index (χ4v) is 3.35. The number of aromatic nitrogens is 3. The number of aliphatic hydroxyl groups is 1. The molecule has 0 bridgehead atoms. The van der Waals surface area contributed by atoms with E-state index < -0.39 is 0 Å². The number of nitrogens with zero attached hydrogens (tertiary/aromatic N) is 3. The molecule has 1 aromatic carbocycles. The van der Waals surface area contributed by atoms with Gasteiger partial charge in [-0.25, -0.2) is 5.10 Å². The summed E-state index contributed by atoms with van der Waals surface area (Å²) < 4.78 is 0. The number of nitrogens with one attached hydrogen (secondary N) is 2. The first-order valence-electron chi connectivity index (χ1n) is 6.96. The number of halogens is 2. The number of nitrogens with two attached hydrogens (primary N) is 2. The van der Waals surface area contributed by atoms with Crippen LogP contribution >= 0.6 is 23.2 Å². The molecule has 7 N–H and O–H groups in total. The second kappa shape index (κ2) is 6.04. The van der Waals surface area contributed by atoms with Gasteiger partial charge < -0.3 is 26.8 Å². The Morgan fingerprint density at radius 1 is 1.35 bits per heavy atom. The third-order valence-corrected chi connectivity index (χ3v) is 4.50. The van der Waals surface area contributed by atoms with Gasteiger partial charge in [0.1, 0.15) is 0 Å². The summed E-state index contributed by atoms with van der Waals surface area (Å²) in [5.41, 5.74) is 12.3. The van der Waals surface area contributed by atoms with Crippen LogP contribution in [0, 0.1) is 5.41 Å². The molecule has 1 fully saturated rings. The highest BCUT2D eigenvalue weighted by Gasteiger charge is 2.42. The van der Waals surface area contributed by atoms with E-state index in [0.717, 1.165) is 5.69 Å². The second-order valence-electron chi connectivity index (χ2n) is 5.67. The molecule has 2 aromatic rings. The lowest BCUT2D eigenvalue weighted by atomic mass is 9.80. The van der Waals surface area contributed by atoms with Crippen LogP contribution in [0.2, 0.25) is 10.0 Å². The van der Waals surface area contributed by atoms with E-state index in [4.69, 9.17) is 34.7 Å². The Morgan fingerprint density at radius 3 is 2.48 bits per heavy atom. The SMILES string of the molecule is NCC1(CO)CN(c2c(Cl)cc(Nc3nc(N)n[nH]3)cc2Cl)C1. The molecule has 1 saturated heterocycles. The van der Waals surface area contributed by atoms with Crippen molar-refractivity contribution >= 4 is 46.5 Å². The summed E-state index contributed by atoms with van der Waals surface area (Å²) in [7, 11) is 0. The summed E-state index contributed by atoms with van der Waals surface area (Å²) in [5, 5.41) is 19.8. The molecule has 1 aromatic heterocycles. The van der Waals surface area contributed by atoms with Crippen molar-refractivity contribution in [1.29, 1.82) is 0 Å². The number of anilines is 4. The van der Waals surface area contributed by atoms with Crippen LogP contribution < -0.4 is 21.7 Å². The minimum absolute atomic E-state index is 0.0434. The number of hydrogen-bond donors (Lipinski definition) is 5. The molecule has 0 radical (unpaired) electrons. The molecule has 0 spiro atoms. The predicted molar refractivity (Wildman–Crippen MR) is 91.3 cm³/mol. The minimum atomic E-state index is -0.277. The molecule has 0 atom stereocenters. The van der Waals surface area contributed by atoms with Gasteiger partial charge in [0, 0.05) is 30.7 Å². The van der Waals surface area contributed by atoms with Crippen molar-refractivity contribution < 1.29 is 5.11 Å². The topological polar surface area (TPSA) is 129 Å². The van der Waals surface area contributed by atoms with Crippen molar-refractivity contribution in [2.75, 3.05) is 42.2 Å². The van der Waals surface area contributed by atoms with E-state index in [0.29, 0.717) is 41.3 Å². The van der Waals surface area contributed by atoms with Gasteiger partial charge in [-0.05, 0) is 12.1 Å². The number of rotatable bonds is 5. The first kappa shape index (κ1) is 16.1. The summed E-state index contributed by atoms with van der Waals surface area (Å²) >= 11 is 12.7. The molecule has 8 nitrogen and oxygen atoms in total. The van der Waals surface area contributed by atoms with Crippen molar-refractivity contribution in [3.63, 3.8) is 0 Å². The van der Waals surface area contributed by atoms with Gasteiger partial charge >= 0.3 is 0 Å². The van der Waals surface area contributed by atoms with Crippen LogP contribution in [0.15, 0.2) is 12.1 Å². The Bertz CT molecular complexity index is 685. The van der Waals surface area contributed by atoms with Crippen molar-refractivity contribution in [1.82, 2.24) is 15.2 Å². The molecule has 1 aliphatic heterocycles. The molecular weight excluding hydrogens is 341 g/mol. The number of aromatic amines is 1. The standard InChI is InChI=1S/C13H17Cl2N7O/c14-8-1-7(18-12-19-11(17)20-21-12)2-9(15)10(8)22-4-13(3-16,5-22)6-23/h1-2,23H,3-6,16H2,(H4,17,18,19,20,21). The zero-order valence-electron chi connectivity index (χ0n) is 12.2. The van der Waals surface area contributed by atoms with Crippen LogP contribution in [0.25, 0.3) is 0 Å². The first-order chi connectivity index (χ1) is 11.0. The molecular formula is C13H17Cl2N7O. The summed E-state index contributed by atoms with van der Waals surface area (Å²) in [6.45, 7) is 1.69. The molecule has 0 amide bonds. The van der Waals surface area contributed by atoms with Crippen molar-refractivity contribution in [2.45, 2.75) is 0 Å². The van der Waals surface area contributed by atoms with E-state index >= 15 is 0 Å². The van der Waals surface area contributed by atoms with Crippen LogP contribution in [0.5, 0.6) is 0 Å². The molecule has 2 heterocycles. The third kappa shape index (κ3) is 3.02. The van der Waals surface area contributed by atoms with E-state index in [1.807, 2.05) is 4.90 Å². The van der Waals surface area contributed by atoms with E-state index in [1.54, 1.807) is 12.1 Å². The lowest BCUT2D eigenvalue weighted by Gasteiger charge is -2.50. The van der Waals surface area contributed by atoms with E-state index in [1.165, 1.54) is 0 Å². The molecule has 1 aliphatic rings. The van der Waals surface area contributed by atoms with Crippen LogP contribution in [0.3, 0.4) is 0 Å². The van der Waals surface area contributed by atoms with Gasteiger partial charge in [-0.3, -0.25) is 0 Å². The largest absolute Gasteiger partial charge is 0.396 e. The van der Waals surface area contributed by atoms with Gasteiger partial charge in [0.05, 0.1) is 22.3 Å². The van der Waals surface area contributed by atoms with Gasteiger partial charge in [-0.1, -0.05) is 23.2 Å². The summed E-state index contributed by atoms with van der Waals surface area (Å²) in [4.78, 5) is 5.96. The zero-order chi connectivity index (χ0) is 16.6. The Kier molecular flexibility index (Phi) is 4.24. The molecule has 0 saturated carbocycles. The van der Waals surface area contributed by atoms with Crippen molar-refractivity contribution in [3.8, 4) is 0 Å². The molecule has 0 unspecified atom stereocenters. The predicted octanol–water partition coefficient (Wildman–Crippen LogP) is 1.19. The summed E-state index contributed by atoms with van der Waals surface area (Å²) in [5.74, 6) is 0.540. The highest BCUT2D eigenvalue weighted by molar-refractivity contribution is 6.39. The quantitative estimate of drug-likeness (QED) is 0.543. The normalized spacial score (nSPS) is 16.3. The number of benzene rings is 1. The minimum Gasteiger partial charge on any atom is -0.396 e. The number of nitrogen functional groups attached to an aromatic ring is 1. The smallest absolute Gasteiger partial charge is 0.241 e. The van der Waals surface area contributed by atoms with Crippen LogP contribution in [-0.2, 0) is 0 Å². The average Bonchev–Trinajstić information content (AvgIpc) is 2.86. The van der Waals surface area contributed by atoms with E-state index in [9.17, 15) is 5.11 Å². The van der Waals surface area contributed by atoms with Crippen molar-refractivity contribution in [2.24, 2.45) is 11.1 Å². The lowest BCUT2D eigenvalue weighted by molar-refractivity contribution is 0.101. The molecule has 0 aliphatic carbocycles. The van der Waals surface area contributed by atoms with Gasteiger partial charge in [0.2, 0.25) is 11.9 Å². The van der Waals surface area contributed by atoms with Gasteiger partial charge in [-0.15, -0.1) is 5.10 Å². The third-order valence-electron chi connectivity index (χ3n) is 3.92. The Labute approximate surface area is 142 Å². The fraction of sp³-hybridized carbons (Fsp3) is 0.385. The number of H-pyrrole nitrogens is 1. The molecule has 23 heavy (non-hydrogen) atoms.